The summed E-state index contributed by atoms with van der Waals surface area (Å²) in [6.07, 6.45) is 3.00. The zero-order valence-corrected chi connectivity index (χ0v) is 8.02. The number of nitrogens with zero attached hydrogens (tertiary/aromatic N) is 1. The molecule has 0 saturated heterocycles. The van der Waals surface area contributed by atoms with E-state index < -0.39 is 22.0 Å². The van der Waals surface area contributed by atoms with Crippen molar-refractivity contribution in [3.05, 3.63) is 16.6 Å². The zero-order valence-electron chi connectivity index (χ0n) is 6.39. The number of thiazole rings is 1. The second kappa shape index (κ2) is 3.77. The van der Waals surface area contributed by atoms with Gasteiger partial charge in [0.05, 0.1) is 0 Å². The van der Waals surface area contributed by atoms with Crippen molar-refractivity contribution in [2.45, 2.75) is 5.25 Å². The number of aromatic nitrogens is 1. The molecule has 6 heteroatoms. The van der Waals surface area contributed by atoms with E-state index in [4.69, 9.17) is 5.73 Å². The Bertz CT molecular complexity index is 283. The fraction of sp³-hybridized carbons (Fsp3) is 0.333. The molecule has 0 bridgehead atoms. The van der Waals surface area contributed by atoms with Crippen LogP contribution >= 0.6 is 11.3 Å². The third-order valence-corrected chi connectivity index (χ3v) is 3.38. The topological polar surface area (TPSA) is 73.1 Å². The Labute approximate surface area is 76.3 Å². The molecule has 0 saturated carbocycles. The summed E-state index contributed by atoms with van der Waals surface area (Å²) in [5.74, 6) is -0.592. The summed E-state index contributed by atoms with van der Waals surface area (Å²) < 4.78 is 11.1. The molecule has 1 heterocycles. The minimum atomic E-state index is -1.29. The van der Waals surface area contributed by atoms with Crippen molar-refractivity contribution in [2.75, 3.05) is 6.26 Å². The van der Waals surface area contributed by atoms with Crippen LogP contribution in [0.15, 0.2) is 11.6 Å². The molecule has 2 N–H and O–H groups in total. The van der Waals surface area contributed by atoms with Crippen molar-refractivity contribution < 1.29 is 9.00 Å². The van der Waals surface area contributed by atoms with E-state index in [1.807, 2.05) is 0 Å². The Morgan fingerprint density at radius 1 is 1.83 bits per heavy atom. The molecule has 2 atom stereocenters. The van der Waals surface area contributed by atoms with Crippen LogP contribution in [0.3, 0.4) is 0 Å². The van der Waals surface area contributed by atoms with E-state index in [2.05, 4.69) is 4.98 Å². The maximum atomic E-state index is 11.1. The smallest absolute Gasteiger partial charge is 0.240 e. The molecule has 12 heavy (non-hydrogen) atoms. The summed E-state index contributed by atoms with van der Waals surface area (Å²) in [5.41, 5.74) is 5.06. The summed E-state index contributed by atoms with van der Waals surface area (Å²) >= 11 is 1.28. The standard InChI is InChI=1S/C6H8N2O2S2/c1-12(10)4(5(7)9)6-8-2-3-11-6/h2-4H,1H3,(H2,7,9). The van der Waals surface area contributed by atoms with Gasteiger partial charge in [0.2, 0.25) is 5.91 Å². The van der Waals surface area contributed by atoms with Crippen molar-refractivity contribution in [3.8, 4) is 0 Å². The maximum absolute atomic E-state index is 11.1. The highest BCUT2D eigenvalue weighted by Crippen LogP contribution is 2.20. The molecule has 0 fully saturated rings. The van der Waals surface area contributed by atoms with E-state index >= 15 is 0 Å². The Kier molecular flexibility index (Phi) is 2.93. The van der Waals surface area contributed by atoms with Gasteiger partial charge in [-0.15, -0.1) is 11.3 Å². The SMILES string of the molecule is CS(=O)C(C(N)=O)c1nccs1. The molecule has 4 nitrogen and oxygen atoms in total. The number of primary amides is 1. The number of hydrogen-bond acceptors (Lipinski definition) is 4. The van der Waals surface area contributed by atoms with E-state index in [0.29, 0.717) is 5.01 Å². The predicted octanol–water partition coefficient (Wildman–Crippen LogP) is 0.0480. The van der Waals surface area contributed by atoms with E-state index in [1.54, 1.807) is 11.6 Å². The van der Waals surface area contributed by atoms with Gasteiger partial charge in [-0.05, 0) is 0 Å². The first kappa shape index (κ1) is 9.34. The molecule has 0 aromatic carbocycles. The summed E-state index contributed by atoms with van der Waals surface area (Å²) in [7, 11) is -1.29. The fourth-order valence-electron chi connectivity index (χ4n) is 0.791. The second-order valence-corrected chi connectivity index (χ2v) is 4.55. The van der Waals surface area contributed by atoms with E-state index in [1.165, 1.54) is 17.6 Å². The largest absolute Gasteiger partial charge is 0.368 e. The van der Waals surface area contributed by atoms with Gasteiger partial charge in [-0.3, -0.25) is 9.00 Å². The van der Waals surface area contributed by atoms with Crippen molar-refractivity contribution in [1.82, 2.24) is 4.98 Å². The van der Waals surface area contributed by atoms with Crippen LogP contribution in [-0.4, -0.2) is 21.4 Å². The van der Waals surface area contributed by atoms with Gasteiger partial charge in [0.25, 0.3) is 0 Å². The van der Waals surface area contributed by atoms with Crippen LogP contribution in [-0.2, 0) is 15.6 Å². The molecule has 66 valence electrons. The van der Waals surface area contributed by atoms with E-state index in [9.17, 15) is 9.00 Å². The van der Waals surface area contributed by atoms with Gasteiger partial charge in [0.15, 0.2) is 5.25 Å². The van der Waals surface area contributed by atoms with Crippen molar-refractivity contribution in [3.63, 3.8) is 0 Å². The molecule has 0 aliphatic carbocycles. The monoisotopic (exact) mass is 204 g/mol. The Hall–Kier alpha value is -0.750. The molecule has 0 aliphatic rings. The van der Waals surface area contributed by atoms with Crippen molar-refractivity contribution >= 4 is 28.0 Å². The third kappa shape index (κ3) is 1.89. The molecule has 1 aromatic heterocycles. The lowest BCUT2D eigenvalue weighted by molar-refractivity contribution is -0.117. The molecule has 0 spiro atoms. The zero-order chi connectivity index (χ0) is 9.14. The number of carbonyl (C=O) groups excluding carboxylic acids is 1. The predicted molar refractivity (Wildman–Crippen MR) is 48.1 cm³/mol. The fourth-order valence-corrected chi connectivity index (χ4v) is 2.66. The highest BCUT2D eigenvalue weighted by Gasteiger charge is 2.23. The first-order valence-electron chi connectivity index (χ1n) is 3.14. The highest BCUT2D eigenvalue weighted by molar-refractivity contribution is 7.85. The Morgan fingerprint density at radius 3 is 2.83 bits per heavy atom. The normalized spacial score (nSPS) is 15.4. The molecule has 1 aromatic rings. The van der Waals surface area contributed by atoms with Crippen LogP contribution < -0.4 is 5.73 Å². The third-order valence-electron chi connectivity index (χ3n) is 1.27. The van der Waals surface area contributed by atoms with Gasteiger partial charge in [0, 0.05) is 28.6 Å². The van der Waals surface area contributed by atoms with Crippen molar-refractivity contribution in [2.24, 2.45) is 5.73 Å². The first-order chi connectivity index (χ1) is 5.63. The lowest BCUT2D eigenvalue weighted by Crippen LogP contribution is -2.24. The van der Waals surface area contributed by atoms with Gasteiger partial charge in [-0.2, -0.15) is 0 Å². The van der Waals surface area contributed by atoms with Gasteiger partial charge >= 0.3 is 0 Å². The van der Waals surface area contributed by atoms with Crippen LogP contribution in [0.1, 0.15) is 10.3 Å². The number of rotatable bonds is 3. The van der Waals surface area contributed by atoms with Gasteiger partial charge in [-0.1, -0.05) is 0 Å². The number of carbonyl (C=O) groups is 1. The molecule has 2 unspecified atom stereocenters. The number of nitrogens with two attached hydrogens (primary N) is 1. The lowest BCUT2D eigenvalue weighted by atomic mass is 10.4. The second-order valence-electron chi connectivity index (χ2n) is 2.15. The van der Waals surface area contributed by atoms with Crippen molar-refractivity contribution in [1.29, 1.82) is 0 Å². The summed E-state index contributed by atoms with van der Waals surface area (Å²) in [6, 6.07) is 0. The molecule has 0 aliphatic heterocycles. The molecule has 0 radical (unpaired) electrons. The Balaban J connectivity index is 2.96. The van der Waals surface area contributed by atoms with Crippen LogP contribution in [0.2, 0.25) is 0 Å². The molecular formula is C6H8N2O2S2. The quantitative estimate of drug-likeness (QED) is 0.756. The molecule has 1 amide bonds. The molecule has 1 rings (SSSR count). The minimum Gasteiger partial charge on any atom is -0.368 e. The average molecular weight is 204 g/mol. The van der Waals surface area contributed by atoms with Crippen LogP contribution in [0.5, 0.6) is 0 Å². The lowest BCUT2D eigenvalue weighted by Gasteiger charge is -2.05. The summed E-state index contributed by atoms with van der Waals surface area (Å²) in [5, 5.41) is 1.48. The Morgan fingerprint density at radius 2 is 2.50 bits per heavy atom. The summed E-state index contributed by atoms with van der Waals surface area (Å²) in [4.78, 5) is 14.7. The first-order valence-corrected chi connectivity index (χ1v) is 5.64. The number of amides is 1. The number of hydrogen-bond donors (Lipinski definition) is 1. The van der Waals surface area contributed by atoms with Gasteiger partial charge in [-0.25, -0.2) is 4.98 Å². The van der Waals surface area contributed by atoms with Crippen LogP contribution in [0, 0.1) is 0 Å². The van der Waals surface area contributed by atoms with Crippen LogP contribution in [0.25, 0.3) is 0 Å². The average Bonchev–Trinajstić information content (AvgIpc) is 2.37. The van der Waals surface area contributed by atoms with E-state index in [0.717, 1.165) is 0 Å². The highest BCUT2D eigenvalue weighted by atomic mass is 32.2. The van der Waals surface area contributed by atoms with Crippen LogP contribution in [0.4, 0.5) is 0 Å². The molecular weight excluding hydrogens is 196 g/mol. The minimum absolute atomic E-state index is 0.517. The van der Waals surface area contributed by atoms with E-state index in [-0.39, 0.29) is 0 Å². The maximum Gasteiger partial charge on any atom is 0.240 e. The van der Waals surface area contributed by atoms with Gasteiger partial charge < -0.3 is 5.73 Å². The summed E-state index contributed by atoms with van der Waals surface area (Å²) in [6.45, 7) is 0. The van der Waals surface area contributed by atoms with Gasteiger partial charge in [0.1, 0.15) is 5.01 Å².